The van der Waals surface area contributed by atoms with Crippen molar-refractivity contribution in [3.05, 3.63) is 41.3 Å². The number of oxazole rings is 1. The molecule has 0 bridgehead atoms. The van der Waals surface area contributed by atoms with Crippen molar-refractivity contribution in [1.29, 1.82) is 0 Å². The summed E-state index contributed by atoms with van der Waals surface area (Å²) in [4.78, 5) is 16.6. The molecule has 212 valence electrons. The number of ether oxygens (including phenoxy) is 1. The second-order valence-corrected chi connectivity index (χ2v) is 15.0. The number of carboxylic acid groups (broad SMARTS) is 1. The number of nitrogens with zero attached hydrogens (tertiary/aromatic N) is 2. The molecule has 3 atom stereocenters. The predicted octanol–water partition coefficient (Wildman–Crippen LogP) is 3.78. The number of sulfone groups is 1. The lowest BCUT2D eigenvalue weighted by atomic mass is 9.86. The number of hydrogen-bond acceptors (Lipinski definition) is 8. The van der Waals surface area contributed by atoms with Crippen LogP contribution >= 0.6 is 0 Å². The molecular weight excluding hydrogens is 532 g/mol. The lowest BCUT2D eigenvalue weighted by Gasteiger charge is -2.36. The van der Waals surface area contributed by atoms with Crippen LogP contribution in [0.1, 0.15) is 56.5 Å². The van der Waals surface area contributed by atoms with Crippen LogP contribution < -0.4 is 0 Å². The van der Waals surface area contributed by atoms with Gasteiger partial charge in [0.2, 0.25) is 15.9 Å². The molecule has 12 heteroatoms. The third-order valence-electron chi connectivity index (χ3n) is 6.73. The van der Waals surface area contributed by atoms with Crippen LogP contribution in [0.3, 0.4) is 0 Å². The van der Waals surface area contributed by atoms with Gasteiger partial charge >= 0.3 is 5.97 Å². The number of carbonyl (C=O) groups is 1. The minimum absolute atomic E-state index is 0.0760. The highest BCUT2D eigenvalue weighted by Gasteiger charge is 2.40. The number of hydrogen-bond donors (Lipinski definition) is 1. The van der Waals surface area contributed by atoms with Gasteiger partial charge < -0.3 is 14.3 Å². The first-order valence-corrected chi connectivity index (χ1v) is 16.4. The van der Waals surface area contributed by atoms with E-state index in [2.05, 4.69) is 4.98 Å². The molecule has 3 unspecified atom stereocenters. The van der Waals surface area contributed by atoms with Crippen LogP contribution in [0.5, 0.6) is 0 Å². The Morgan fingerprint density at radius 3 is 2.39 bits per heavy atom. The second-order valence-electron chi connectivity index (χ2n) is 10.6. The number of carboxylic acids is 1. The van der Waals surface area contributed by atoms with Crippen molar-refractivity contribution >= 4 is 25.8 Å². The number of benzene rings is 1. The Bertz CT molecular complexity index is 1320. The van der Waals surface area contributed by atoms with Crippen LogP contribution in [0.2, 0.25) is 0 Å². The largest absolute Gasteiger partial charge is 0.480 e. The van der Waals surface area contributed by atoms with Gasteiger partial charge in [-0.05, 0) is 57.1 Å². The minimum Gasteiger partial charge on any atom is -0.480 e. The number of aryl methyl sites for hydroxylation is 2. The van der Waals surface area contributed by atoms with Gasteiger partial charge in [-0.1, -0.05) is 38.0 Å². The summed E-state index contributed by atoms with van der Waals surface area (Å²) in [5.41, 5.74) is 2.69. The van der Waals surface area contributed by atoms with Gasteiger partial charge in [-0.25, -0.2) is 21.8 Å². The van der Waals surface area contributed by atoms with E-state index in [-0.39, 0.29) is 25.2 Å². The number of aromatic nitrogens is 1. The third kappa shape index (κ3) is 8.11. The van der Waals surface area contributed by atoms with E-state index >= 15 is 0 Å². The van der Waals surface area contributed by atoms with E-state index in [9.17, 15) is 26.7 Å². The average Bonchev–Trinajstić information content (AvgIpc) is 3.16. The maximum absolute atomic E-state index is 13.1. The Labute approximate surface area is 225 Å². The lowest BCUT2D eigenvalue weighted by molar-refractivity contribution is -0.143. The second kappa shape index (κ2) is 12.3. The quantitative estimate of drug-likeness (QED) is 0.403. The van der Waals surface area contributed by atoms with Crippen LogP contribution in [-0.4, -0.2) is 67.2 Å². The molecule has 1 heterocycles. The summed E-state index contributed by atoms with van der Waals surface area (Å²) in [6, 6.07) is 6.51. The monoisotopic (exact) mass is 570 g/mol. The Morgan fingerprint density at radius 2 is 1.82 bits per heavy atom. The van der Waals surface area contributed by atoms with Gasteiger partial charge in [-0.3, -0.25) is 4.79 Å². The molecule has 38 heavy (non-hydrogen) atoms. The van der Waals surface area contributed by atoms with Crippen molar-refractivity contribution in [3.8, 4) is 11.5 Å². The van der Waals surface area contributed by atoms with Crippen LogP contribution in [0, 0.1) is 25.7 Å². The first kappa shape index (κ1) is 30.3. The zero-order valence-corrected chi connectivity index (χ0v) is 24.2. The van der Waals surface area contributed by atoms with E-state index in [4.69, 9.17) is 9.15 Å². The molecule has 1 aliphatic carbocycles. The maximum atomic E-state index is 13.1. The average molecular weight is 571 g/mol. The van der Waals surface area contributed by atoms with Gasteiger partial charge in [0.1, 0.15) is 17.5 Å². The molecule has 0 spiro atoms. The summed E-state index contributed by atoms with van der Waals surface area (Å²) < 4.78 is 62.7. The van der Waals surface area contributed by atoms with Crippen LogP contribution in [0.15, 0.2) is 28.7 Å². The summed E-state index contributed by atoms with van der Waals surface area (Å²) in [6.45, 7) is 7.22. The van der Waals surface area contributed by atoms with Crippen molar-refractivity contribution < 1.29 is 35.9 Å². The zero-order valence-electron chi connectivity index (χ0n) is 22.6. The van der Waals surface area contributed by atoms with Crippen LogP contribution in [0.25, 0.3) is 11.5 Å². The fourth-order valence-electron chi connectivity index (χ4n) is 4.87. The zero-order chi connectivity index (χ0) is 28.3. The molecule has 3 rings (SSSR count). The summed E-state index contributed by atoms with van der Waals surface area (Å²) in [5.74, 6) is -0.845. The molecule has 1 saturated carbocycles. The van der Waals surface area contributed by atoms with Gasteiger partial charge in [-0.15, -0.1) is 0 Å². The summed E-state index contributed by atoms with van der Waals surface area (Å²) in [7, 11) is -8.26. The Kier molecular flexibility index (Phi) is 9.77. The molecule has 1 N–H and O–H groups in total. The van der Waals surface area contributed by atoms with Crippen LogP contribution in [-0.2, 0) is 36.0 Å². The molecule has 1 fully saturated rings. The molecule has 0 aliphatic heterocycles. The predicted molar refractivity (Wildman–Crippen MR) is 144 cm³/mol. The Morgan fingerprint density at radius 1 is 1.16 bits per heavy atom. The molecule has 0 radical (unpaired) electrons. The van der Waals surface area contributed by atoms with Crippen molar-refractivity contribution in [2.45, 2.75) is 72.1 Å². The highest BCUT2D eigenvalue weighted by Crippen LogP contribution is 2.31. The molecule has 2 aromatic rings. The summed E-state index contributed by atoms with van der Waals surface area (Å²) in [6.07, 6.45) is 3.43. The van der Waals surface area contributed by atoms with Crippen molar-refractivity contribution in [2.24, 2.45) is 11.8 Å². The smallest absolute Gasteiger partial charge is 0.322 e. The fraction of sp³-hybridized carbons (Fsp3) is 0.615. The molecule has 1 aromatic carbocycles. The van der Waals surface area contributed by atoms with Crippen molar-refractivity contribution in [2.75, 3.05) is 17.9 Å². The molecule has 1 aliphatic rings. The molecule has 10 nitrogen and oxygen atoms in total. The van der Waals surface area contributed by atoms with E-state index in [0.717, 1.165) is 34.5 Å². The molecule has 1 aromatic heterocycles. The highest BCUT2D eigenvalue weighted by molar-refractivity contribution is 8.06. The van der Waals surface area contributed by atoms with E-state index in [0.29, 0.717) is 30.2 Å². The van der Waals surface area contributed by atoms with Gasteiger partial charge in [-0.2, -0.15) is 4.31 Å². The Hall–Kier alpha value is -2.28. The standard InChI is InChI=1S/C26H38N2O8S2/c1-17(2)24(26(29)30)28(38(33,34)16-37(5,31)32)14-20-7-6-8-22(13-20)35-15-23-19(4)36-25(27-23)21-11-9-18(3)10-12-21/h9-12,17,20,22,24H,6-8,13-16H2,1-5H3,(H,29,30). The van der Waals surface area contributed by atoms with Gasteiger partial charge in [0.05, 0.1) is 12.7 Å². The number of rotatable bonds is 12. The highest BCUT2D eigenvalue weighted by atomic mass is 32.3. The first-order valence-electron chi connectivity index (χ1n) is 12.7. The third-order valence-corrected chi connectivity index (χ3v) is 10.7. The molecule has 0 saturated heterocycles. The van der Waals surface area contributed by atoms with Gasteiger partial charge in [0.15, 0.2) is 14.9 Å². The normalized spacial score (nSPS) is 19.7. The lowest BCUT2D eigenvalue weighted by Crippen LogP contribution is -2.51. The van der Waals surface area contributed by atoms with E-state index in [1.165, 1.54) is 0 Å². The number of sulfonamides is 1. The summed E-state index contributed by atoms with van der Waals surface area (Å²) >= 11 is 0. The van der Waals surface area contributed by atoms with Crippen molar-refractivity contribution in [3.63, 3.8) is 0 Å². The molecule has 0 amide bonds. The van der Waals surface area contributed by atoms with E-state index in [1.54, 1.807) is 13.8 Å². The number of aliphatic carboxylic acids is 1. The van der Waals surface area contributed by atoms with E-state index in [1.807, 2.05) is 38.1 Å². The Balaban J connectivity index is 1.71. The first-order chi connectivity index (χ1) is 17.7. The topological polar surface area (TPSA) is 144 Å². The minimum atomic E-state index is -4.37. The SMILES string of the molecule is Cc1ccc(-c2nc(COC3CCCC(CN(C(C(=O)O)C(C)C)S(=O)(=O)CS(C)(=O)=O)C3)c(C)o2)cc1. The van der Waals surface area contributed by atoms with Crippen molar-refractivity contribution in [1.82, 2.24) is 9.29 Å². The van der Waals surface area contributed by atoms with E-state index < -0.39 is 42.9 Å². The maximum Gasteiger partial charge on any atom is 0.322 e. The van der Waals surface area contributed by atoms with Gasteiger partial charge in [0, 0.05) is 18.4 Å². The molecular formula is C26H38N2O8S2. The van der Waals surface area contributed by atoms with Gasteiger partial charge in [0.25, 0.3) is 0 Å². The summed E-state index contributed by atoms with van der Waals surface area (Å²) in [5, 5.41) is 8.67. The fourth-order valence-corrected chi connectivity index (χ4v) is 8.69. The van der Waals surface area contributed by atoms with Crippen LogP contribution in [0.4, 0.5) is 0 Å².